The lowest BCUT2D eigenvalue weighted by atomic mass is 10.2. The van der Waals surface area contributed by atoms with Gasteiger partial charge in [0, 0.05) is 19.6 Å². The van der Waals surface area contributed by atoms with E-state index in [0.29, 0.717) is 0 Å². The molecule has 1 unspecified atom stereocenters. The number of halogens is 3. The number of nitrogens with two attached hydrogens (primary N) is 1. The van der Waals surface area contributed by atoms with E-state index < -0.39 is 32.7 Å². The third-order valence-corrected chi connectivity index (χ3v) is 4.31. The second-order valence-electron chi connectivity index (χ2n) is 4.26. The fourth-order valence-corrected chi connectivity index (χ4v) is 3.08. The van der Waals surface area contributed by atoms with E-state index in [1.807, 2.05) is 0 Å². The summed E-state index contributed by atoms with van der Waals surface area (Å²) < 4.78 is 63.4. The zero-order valence-corrected chi connectivity index (χ0v) is 11.3. The maximum Gasteiger partial charge on any atom is 0.417 e. The van der Waals surface area contributed by atoms with Gasteiger partial charge in [-0.05, 0) is 19.1 Å². The van der Waals surface area contributed by atoms with Gasteiger partial charge in [-0.15, -0.1) is 0 Å². The van der Waals surface area contributed by atoms with Gasteiger partial charge >= 0.3 is 6.18 Å². The molecule has 108 valence electrons. The van der Waals surface area contributed by atoms with Gasteiger partial charge in [0.05, 0.1) is 10.5 Å². The molecule has 1 aromatic carbocycles. The van der Waals surface area contributed by atoms with Crippen LogP contribution in [0.4, 0.5) is 13.2 Å². The van der Waals surface area contributed by atoms with Crippen molar-refractivity contribution in [3.63, 3.8) is 0 Å². The molecule has 0 saturated heterocycles. The molecule has 0 radical (unpaired) electrons. The van der Waals surface area contributed by atoms with Crippen molar-refractivity contribution >= 4 is 10.0 Å². The highest BCUT2D eigenvalue weighted by Gasteiger charge is 2.38. The van der Waals surface area contributed by atoms with Crippen molar-refractivity contribution < 1.29 is 21.6 Å². The Hall–Kier alpha value is -1.12. The predicted octanol–water partition coefficient (Wildman–Crippen LogP) is 1.67. The minimum Gasteiger partial charge on any atom is -0.327 e. The summed E-state index contributed by atoms with van der Waals surface area (Å²) in [6, 6.07) is 3.61. The van der Waals surface area contributed by atoms with Crippen molar-refractivity contribution in [2.24, 2.45) is 5.73 Å². The van der Waals surface area contributed by atoms with Crippen LogP contribution < -0.4 is 5.73 Å². The summed E-state index contributed by atoms with van der Waals surface area (Å²) >= 11 is 0. The molecule has 8 heteroatoms. The Kier molecular flexibility index (Phi) is 4.59. The number of sulfonamides is 1. The number of benzene rings is 1. The van der Waals surface area contributed by atoms with Crippen LogP contribution in [0, 0.1) is 0 Å². The average Bonchev–Trinajstić information content (AvgIpc) is 2.27. The highest BCUT2D eigenvalue weighted by molar-refractivity contribution is 7.89. The molecule has 2 N–H and O–H groups in total. The van der Waals surface area contributed by atoms with Crippen molar-refractivity contribution in [3.05, 3.63) is 29.8 Å². The van der Waals surface area contributed by atoms with E-state index in [1.165, 1.54) is 13.1 Å². The molecule has 0 aliphatic rings. The maximum absolute atomic E-state index is 12.8. The van der Waals surface area contributed by atoms with E-state index >= 15 is 0 Å². The zero-order chi connectivity index (χ0) is 14.8. The predicted molar refractivity (Wildman–Crippen MR) is 64.9 cm³/mol. The van der Waals surface area contributed by atoms with Crippen LogP contribution >= 0.6 is 0 Å². The van der Waals surface area contributed by atoms with Gasteiger partial charge in [-0.3, -0.25) is 0 Å². The van der Waals surface area contributed by atoms with Crippen LogP contribution in [0.15, 0.2) is 29.2 Å². The van der Waals surface area contributed by atoms with E-state index in [1.54, 1.807) is 6.92 Å². The van der Waals surface area contributed by atoms with Crippen LogP contribution in [-0.4, -0.2) is 32.4 Å². The number of hydrogen-bond donors (Lipinski definition) is 1. The summed E-state index contributed by atoms with van der Waals surface area (Å²) in [7, 11) is -3.01. The van der Waals surface area contributed by atoms with Crippen LogP contribution in [0.3, 0.4) is 0 Å². The van der Waals surface area contributed by atoms with E-state index in [-0.39, 0.29) is 6.54 Å². The first kappa shape index (κ1) is 15.9. The van der Waals surface area contributed by atoms with Gasteiger partial charge in [-0.2, -0.15) is 17.5 Å². The topological polar surface area (TPSA) is 63.4 Å². The quantitative estimate of drug-likeness (QED) is 0.919. The van der Waals surface area contributed by atoms with Crippen molar-refractivity contribution in [1.29, 1.82) is 0 Å². The van der Waals surface area contributed by atoms with Crippen LogP contribution in [0.25, 0.3) is 0 Å². The molecule has 0 saturated carbocycles. The van der Waals surface area contributed by atoms with Gasteiger partial charge < -0.3 is 5.73 Å². The van der Waals surface area contributed by atoms with Gasteiger partial charge in [0.2, 0.25) is 10.0 Å². The van der Waals surface area contributed by atoms with Gasteiger partial charge in [0.15, 0.2) is 0 Å². The van der Waals surface area contributed by atoms with Crippen molar-refractivity contribution in [3.8, 4) is 0 Å². The smallest absolute Gasteiger partial charge is 0.327 e. The summed E-state index contributed by atoms with van der Waals surface area (Å²) in [5.41, 5.74) is 4.29. The Balaban J connectivity index is 3.30. The standard InChI is InChI=1S/C11H15F3N2O2S/c1-8(15)7-16(2)19(17,18)10-6-4-3-5-9(10)11(12,13)14/h3-6,8H,7,15H2,1-2H3. The Morgan fingerprint density at radius 2 is 1.84 bits per heavy atom. The summed E-state index contributed by atoms with van der Waals surface area (Å²) in [4.78, 5) is -0.759. The normalized spacial score (nSPS) is 14.7. The third-order valence-electron chi connectivity index (χ3n) is 2.43. The molecule has 0 aliphatic heterocycles. The first-order chi connectivity index (χ1) is 8.56. The molecule has 4 nitrogen and oxygen atoms in total. The van der Waals surface area contributed by atoms with E-state index in [4.69, 9.17) is 5.73 Å². The van der Waals surface area contributed by atoms with Crippen molar-refractivity contribution in [1.82, 2.24) is 4.31 Å². The largest absolute Gasteiger partial charge is 0.417 e. The molecule has 0 amide bonds. The lowest BCUT2D eigenvalue weighted by Gasteiger charge is -2.21. The monoisotopic (exact) mass is 296 g/mol. The number of alkyl halides is 3. The van der Waals surface area contributed by atoms with Crippen molar-refractivity contribution in [2.45, 2.75) is 24.0 Å². The average molecular weight is 296 g/mol. The highest BCUT2D eigenvalue weighted by atomic mass is 32.2. The lowest BCUT2D eigenvalue weighted by Crippen LogP contribution is -2.37. The second-order valence-corrected chi connectivity index (χ2v) is 6.27. The fraction of sp³-hybridized carbons (Fsp3) is 0.455. The van der Waals surface area contributed by atoms with Crippen LogP contribution in [0.5, 0.6) is 0 Å². The number of nitrogens with zero attached hydrogens (tertiary/aromatic N) is 1. The maximum atomic E-state index is 12.8. The molecule has 0 fully saturated rings. The molecular weight excluding hydrogens is 281 g/mol. The second kappa shape index (κ2) is 5.48. The molecule has 0 aliphatic carbocycles. The Bertz CT molecular complexity index is 541. The first-order valence-electron chi connectivity index (χ1n) is 5.45. The van der Waals surface area contributed by atoms with E-state index in [9.17, 15) is 21.6 Å². The summed E-state index contributed by atoms with van der Waals surface area (Å²) in [6.07, 6.45) is -4.72. The Morgan fingerprint density at radius 1 is 1.32 bits per heavy atom. The minimum atomic E-state index is -4.72. The van der Waals surface area contributed by atoms with Gasteiger partial charge in [0.1, 0.15) is 0 Å². The Morgan fingerprint density at radius 3 is 2.32 bits per heavy atom. The zero-order valence-electron chi connectivity index (χ0n) is 10.5. The highest BCUT2D eigenvalue weighted by Crippen LogP contribution is 2.34. The Labute approximate surface area is 110 Å². The molecule has 1 rings (SSSR count). The molecule has 0 heterocycles. The lowest BCUT2D eigenvalue weighted by molar-refractivity contribution is -0.139. The number of hydrogen-bond acceptors (Lipinski definition) is 3. The van der Waals surface area contributed by atoms with Gasteiger partial charge in [-0.25, -0.2) is 8.42 Å². The van der Waals surface area contributed by atoms with Crippen LogP contribution in [0.1, 0.15) is 12.5 Å². The molecule has 19 heavy (non-hydrogen) atoms. The van der Waals surface area contributed by atoms with Crippen LogP contribution in [0.2, 0.25) is 0 Å². The van der Waals surface area contributed by atoms with Gasteiger partial charge in [-0.1, -0.05) is 12.1 Å². The molecular formula is C11H15F3N2O2S. The fourth-order valence-electron chi connectivity index (χ4n) is 1.60. The molecule has 0 spiro atoms. The molecule has 0 bridgehead atoms. The van der Waals surface area contributed by atoms with Crippen LogP contribution in [-0.2, 0) is 16.2 Å². The van der Waals surface area contributed by atoms with E-state index in [2.05, 4.69) is 0 Å². The minimum absolute atomic E-state index is 0.0610. The molecule has 1 atom stereocenters. The SMILES string of the molecule is CC(N)CN(C)S(=O)(=O)c1ccccc1C(F)(F)F. The van der Waals surface area contributed by atoms with Gasteiger partial charge in [0.25, 0.3) is 0 Å². The first-order valence-corrected chi connectivity index (χ1v) is 6.89. The molecule has 1 aromatic rings. The number of likely N-dealkylation sites (N-methyl/N-ethyl adjacent to an activating group) is 1. The molecule has 0 aromatic heterocycles. The number of rotatable bonds is 4. The van der Waals surface area contributed by atoms with Crippen molar-refractivity contribution in [2.75, 3.05) is 13.6 Å². The van der Waals surface area contributed by atoms with E-state index in [0.717, 1.165) is 22.5 Å². The summed E-state index contributed by atoms with van der Waals surface area (Å²) in [5.74, 6) is 0. The summed E-state index contributed by atoms with van der Waals surface area (Å²) in [5, 5.41) is 0. The summed E-state index contributed by atoms with van der Waals surface area (Å²) in [6.45, 7) is 1.51. The third kappa shape index (κ3) is 3.68.